The number of carboxylic acid groups (broad SMARTS) is 1. The maximum atomic E-state index is 12.7. The molecule has 4 N–H and O–H groups in total. The predicted octanol–water partition coefficient (Wildman–Crippen LogP) is 12.7. The van der Waals surface area contributed by atoms with Gasteiger partial charge < -0.3 is 25.2 Å². The molecule has 0 saturated heterocycles. The molecule has 0 aliphatic carbocycles. The molecule has 346 valence electrons. The Morgan fingerprint density at radius 1 is 0.517 bits per heavy atom. The van der Waals surface area contributed by atoms with Crippen molar-refractivity contribution in [2.75, 3.05) is 19.8 Å². The summed E-state index contributed by atoms with van der Waals surface area (Å²) in [5.74, 6) is -2.42. The predicted molar refractivity (Wildman–Crippen MR) is 245 cm³/mol. The van der Waals surface area contributed by atoms with Gasteiger partial charge in [0.05, 0.1) is 13.2 Å². The van der Waals surface area contributed by atoms with Crippen molar-refractivity contribution in [1.82, 2.24) is 0 Å². The summed E-state index contributed by atoms with van der Waals surface area (Å²) in [6.07, 6.45) is 49.9. The number of allylic oxidation sites excluding steroid dienone is 10. The van der Waals surface area contributed by atoms with Crippen LogP contribution in [0.3, 0.4) is 0 Å². The summed E-state index contributed by atoms with van der Waals surface area (Å²) in [4.78, 5) is 46.0. The lowest BCUT2D eigenvalue weighted by atomic mass is 10.1. The van der Waals surface area contributed by atoms with E-state index < -0.39 is 51.1 Å². The second-order valence-electron chi connectivity index (χ2n) is 15.5. The van der Waals surface area contributed by atoms with E-state index in [0.29, 0.717) is 12.8 Å². The first-order chi connectivity index (χ1) is 29.1. The topological polar surface area (TPSA) is 172 Å². The molecule has 1 unspecified atom stereocenters. The van der Waals surface area contributed by atoms with Gasteiger partial charge in [0.1, 0.15) is 12.6 Å². The van der Waals surface area contributed by atoms with Gasteiger partial charge in [0.2, 0.25) is 0 Å². The third-order valence-corrected chi connectivity index (χ3v) is 10.7. The van der Waals surface area contributed by atoms with Crippen LogP contribution in [0.5, 0.6) is 0 Å². The van der Waals surface area contributed by atoms with Crippen molar-refractivity contribution in [3.05, 3.63) is 60.8 Å². The third kappa shape index (κ3) is 41.9. The van der Waals surface area contributed by atoms with Crippen molar-refractivity contribution in [2.45, 2.75) is 206 Å². The van der Waals surface area contributed by atoms with Crippen LogP contribution in [-0.4, -0.2) is 59.9 Å². The number of ether oxygens (including phenoxy) is 2. The fourth-order valence-electron chi connectivity index (χ4n) is 6.05. The van der Waals surface area contributed by atoms with E-state index in [1.54, 1.807) is 0 Å². The van der Waals surface area contributed by atoms with Crippen LogP contribution < -0.4 is 5.73 Å². The quantitative estimate of drug-likeness (QED) is 0.0230. The Balaban J connectivity index is 4.37. The number of esters is 2. The summed E-state index contributed by atoms with van der Waals surface area (Å²) in [6.45, 7) is 2.70. The molecule has 0 aromatic heterocycles. The highest BCUT2D eigenvalue weighted by atomic mass is 31.2. The van der Waals surface area contributed by atoms with Gasteiger partial charge in [0, 0.05) is 12.8 Å². The van der Waals surface area contributed by atoms with E-state index in [-0.39, 0.29) is 19.4 Å². The molecular formula is C48H84NO10P. The molecule has 0 amide bonds. The van der Waals surface area contributed by atoms with Crippen LogP contribution >= 0.6 is 7.82 Å². The van der Waals surface area contributed by atoms with Crippen molar-refractivity contribution in [1.29, 1.82) is 0 Å². The van der Waals surface area contributed by atoms with Crippen LogP contribution in [0.25, 0.3) is 0 Å². The molecule has 0 heterocycles. The Morgan fingerprint density at radius 3 is 1.42 bits per heavy atom. The molecule has 0 bridgehead atoms. The number of hydrogen-bond donors (Lipinski definition) is 3. The van der Waals surface area contributed by atoms with Crippen LogP contribution in [0.4, 0.5) is 0 Å². The Labute approximate surface area is 364 Å². The maximum Gasteiger partial charge on any atom is 0.472 e. The van der Waals surface area contributed by atoms with Gasteiger partial charge >= 0.3 is 25.7 Å². The molecule has 60 heavy (non-hydrogen) atoms. The highest BCUT2D eigenvalue weighted by Gasteiger charge is 2.28. The Hall–Kier alpha value is -2.82. The van der Waals surface area contributed by atoms with Crippen molar-refractivity contribution in [3.8, 4) is 0 Å². The highest BCUT2D eigenvalue weighted by molar-refractivity contribution is 7.47. The van der Waals surface area contributed by atoms with E-state index in [4.69, 9.17) is 24.8 Å². The number of nitrogens with two attached hydrogens (primary N) is 1. The molecule has 0 fully saturated rings. The number of aliphatic carboxylic acids is 1. The standard InChI is InChI=1S/C48H84NO10P/c1-3-5-7-9-11-13-15-17-19-21-22-24-26-28-30-32-34-36-38-40-47(51)59-44(42-57-60(54,55)58-43-45(49)48(52)53)41-56-46(50)39-37-35-33-31-29-27-25-23-20-18-16-14-12-10-8-6-4-2/h8,10,14,16-17,19-20,23,27,29,44-45H,3-7,9,11-13,15,18,21-22,24-26,28,30-43,49H2,1-2H3,(H,52,53)(H,54,55)/b10-8+,16-14+,19-17+,23-20+,29-27+/t44-,45+/m1/s1. The van der Waals surface area contributed by atoms with Gasteiger partial charge in [-0.05, 0) is 77.0 Å². The van der Waals surface area contributed by atoms with E-state index >= 15 is 0 Å². The van der Waals surface area contributed by atoms with E-state index in [0.717, 1.165) is 64.2 Å². The first-order valence-corrected chi connectivity index (χ1v) is 24.8. The van der Waals surface area contributed by atoms with Crippen molar-refractivity contribution < 1.29 is 47.5 Å². The number of rotatable bonds is 43. The summed E-state index contributed by atoms with van der Waals surface area (Å²) in [7, 11) is -4.73. The zero-order chi connectivity index (χ0) is 44.2. The second kappa shape index (κ2) is 42.9. The van der Waals surface area contributed by atoms with Crippen LogP contribution in [-0.2, 0) is 37.5 Å². The third-order valence-electron chi connectivity index (χ3n) is 9.72. The molecule has 0 aromatic carbocycles. The van der Waals surface area contributed by atoms with Gasteiger partial charge in [-0.3, -0.25) is 23.4 Å². The molecule has 0 radical (unpaired) electrons. The minimum atomic E-state index is -4.73. The van der Waals surface area contributed by atoms with Gasteiger partial charge in [0.15, 0.2) is 6.10 Å². The molecule has 0 aliphatic rings. The first kappa shape index (κ1) is 57.2. The van der Waals surface area contributed by atoms with E-state index in [1.807, 2.05) is 0 Å². The van der Waals surface area contributed by atoms with Gasteiger partial charge in [-0.1, -0.05) is 164 Å². The summed E-state index contributed by atoms with van der Waals surface area (Å²) in [6, 6.07) is -1.53. The molecule has 12 heteroatoms. The first-order valence-electron chi connectivity index (χ1n) is 23.3. The molecule has 0 rings (SSSR count). The van der Waals surface area contributed by atoms with Gasteiger partial charge in [-0.25, -0.2) is 4.57 Å². The van der Waals surface area contributed by atoms with E-state index in [9.17, 15) is 23.8 Å². The molecule has 3 atom stereocenters. The molecule has 0 saturated carbocycles. The molecule has 11 nitrogen and oxygen atoms in total. The number of carbonyl (C=O) groups is 3. The van der Waals surface area contributed by atoms with Crippen LogP contribution in [0.15, 0.2) is 60.8 Å². The number of unbranched alkanes of at least 4 members (excludes halogenated alkanes) is 19. The Morgan fingerprint density at radius 2 is 0.917 bits per heavy atom. The zero-order valence-corrected chi connectivity index (χ0v) is 38.4. The fourth-order valence-corrected chi connectivity index (χ4v) is 6.83. The summed E-state index contributed by atoms with van der Waals surface area (Å²) >= 11 is 0. The smallest absolute Gasteiger partial charge is 0.472 e. The SMILES string of the molecule is CCC/C=C/C/C=C/C/C=C/C/C=C/CCCCCC(=O)OC[C@H](COP(=O)(O)OC[C@H](N)C(=O)O)OC(=O)CCCCCCCCCCC/C=C/CCCCCCCC. The normalized spacial score (nSPS) is 14.2. The monoisotopic (exact) mass is 866 g/mol. The van der Waals surface area contributed by atoms with Crippen LogP contribution in [0, 0.1) is 0 Å². The molecule has 0 aliphatic heterocycles. The van der Waals surface area contributed by atoms with Gasteiger partial charge in [0.25, 0.3) is 0 Å². The number of hydrogen-bond acceptors (Lipinski definition) is 9. The number of phosphoric ester groups is 1. The average Bonchev–Trinajstić information content (AvgIpc) is 3.22. The van der Waals surface area contributed by atoms with Crippen molar-refractivity contribution in [2.24, 2.45) is 5.73 Å². The molecular weight excluding hydrogens is 781 g/mol. The van der Waals surface area contributed by atoms with Crippen molar-refractivity contribution >= 4 is 25.7 Å². The maximum absolute atomic E-state index is 12.7. The second-order valence-corrected chi connectivity index (χ2v) is 17.0. The van der Waals surface area contributed by atoms with Gasteiger partial charge in [-0.2, -0.15) is 0 Å². The summed E-state index contributed by atoms with van der Waals surface area (Å²) in [5, 5.41) is 8.90. The molecule has 0 spiro atoms. The average molecular weight is 866 g/mol. The minimum Gasteiger partial charge on any atom is -0.480 e. The lowest BCUT2D eigenvalue weighted by molar-refractivity contribution is -0.161. The minimum absolute atomic E-state index is 0.150. The summed E-state index contributed by atoms with van der Waals surface area (Å²) < 4.78 is 32.7. The van der Waals surface area contributed by atoms with E-state index in [1.165, 1.54) is 89.9 Å². The highest BCUT2D eigenvalue weighted by Crippen LogP contribution is 2.43. The molecule has 0 aromatic rings. The number of phosphoric acid groups is 1. The van der Waals surface area contributed by atoms with Gasteiger partial charge in [-0.15, -0.1) is 0 Å². The zero-order valence-electron chi connectivity index (χ0n) is 37.5. The van der Waals surface area contributed by atoms with E-state index in [2.05, 4.69) is 79.1 Å². The lowest BCUT2D eigenvalue weighted by Crippen LogP contribution is -2.34. The number of carbonyl (C=O) groups excluding carboxylic acids is 2. The Kier molecular flexibility index (Phi) is 40.8. The van der Waals surface area contributed by atoms with Crippen LogP contribution in [0.1, 0.15) is 194 Å². The van der Waals surface area contributed by atoms with Crippen molar-refractivity contribution in [3.63, 3.8) is 0 Å². The lowest BCUT2D eigenvalue weighted by Gasteiger charge is -2.20. The Bertz CT molecular complexity index is 1250. The largest absolute Gasteiger partial charge is 0.480 e. The number of carboxylic acids is 1. The van der Waals surface area contributed by atoms with Crippen LogP contribution in [0.2, 0.25) is 0 Å². The fraction of sp³-hybridized carbons (Fsp3) is 0.729. The summed E-state index contributed by atoms with van der Waals surface area (Å²) in [5.41, 5.74) is 5.34.